The normalized spacial score (nSPS) is 10.9. The Balaban J connectivity index is 1.60. The Morgan fingerprint density at radius 3 is 2.26 bits per heavy atom. The van der Waals surface area contributed by atoms with Crippen molar-refractivity contribution >= 4 is 17.5 Å². The summed E-state index contributed by atoms with van der Waals surface area (Å²) < 4.78 is 43.4. The molecule has 0 spiro atoms. The van der Waals surface area contributed by atoms with E-state index in [-0.39, 0.29) is 5.82 Å². The van der Waals surface area contributed by atoms with Gasteiger partial charge in [0, 0.05) is 24.1 Å². The highest BCUT2D eigenvalue weighted by Gasteiger charge is 2.32. The van der Waals surface area contributed by atoms with Crippen molar-refractivity contribution in [2.45, 2.75) is 6.18 Å². The second kappa shape index (κ2) is 7.68. The van der Waals surface area contributed by atoms with Crippen LogP contribution in [0.1, 0.15) is 5.69 Å². The fraction of sp³-hybridized carbons (Fsp3) is 0.0588. The average Bonchev–Trinajstić information content (AvgIpc) is 2.64. The fourth-order valence-corrected chi connectivity index (χ4v) is 2.01. The predicted octanol–water partition coefficient (Wildman–Crippen LogP) is 4.33. The molecule has 0 aliphatic rings. The summed E-state index contributed by atoms with van der Waals surface area (Å²) >= 11 is 0. The fourth-order valence-electron chi connectivity index (χ4n) is 2.01. The van der Waals surface area contributed by atoms with Gasteiger partial charge < -0.3 is 10.1 Å². The van der Waals surface area contributed by atoms with Crippen molar-refractivity contribution in [2.75, 3.05) is 10.6 Å². The Bertz CT molecular complexity index is 918. The predicted molar refractivity (Wildman–Crippen MR) is 90.4 cm³/mol. The summed E-state index contributed by atoms with van der Waals surface area (Å²) in [7, 11) is 0. The number of halogens is 3. The number of pyridine rings is 1. The number of urea groups is 1. The van der Waals surface area contributed by atoms with Gasteiger partial charge in [0.05, 0.1) is 0 Å². The Kier molecular flexibility index (Phi) is 5.15. The van der Waals surface area contributed by atoms with Crippen molar-refractivity contribution < 1.29 is 22.7 Å². The zero-order chi connectivity index (χ0) is 19.3. The highest BCUT2D eigenvalue weighted by Crippen LogP contribution is 2.28. The number of carbonyl (C=O) groups excluding carboxylic acids is 1. The number of carbonyl (C=O) groups is 1. The number of alkyl halides is 3. The minimum absolute atomic E-state index is 0.271. The van der Waals surface area contributed by atoms with Crippen LogP contribution in [-0.2, 0) is 6.18 Å². The summed E-state index contributed by atoms with van der Waals surface area (Å²) in [6, 6.07) is 9.70. The Morgan fingerprint density at radius 2 is 1.59 bits per heavy atom. The van der Waals surface area contributed by atoms with Crippen LogP contribution in [0.5, 0.6) is 11.5 Å². The molecule has 10 heteroatoms. The maximum absolute atomic E-state index is 12.6. The highest BCUT2D eigenvalue weighted by atomic mass is 19.4. The second-order valence-corrected chi connectivity index (χ2v) is 5.17. The molecule has 0 fully saturated rings. The van der Waals surface area contributed by atoms with Crippen molar-refractivity contribution in [2.24, 2.45) is 0 Å². The zero-order valence-corrected chi connectivity index (χ0v) is 13.6. The average molecular weight is 375 g/mol. The molecule has 7 nitrogen and oxygen atoms in total. The third kappa shape index (κ3) is 5.14. The number of ether oxygens (including phenoxy) is 1. The molecule has 0 atom stereocenters. The molecule has 1 aromatic carbocycles. The van der Waals surface area contributed by atoms with Crippen molar-refractivity contribution in [1.82, 2.24) is 15.0 Å². The van der Waals surface area contributed by atoms with Crippen molar-refractivity contribution in [3.63, 3.8) is 0 Å². The smallest absolute Gasteiger partial charge is 0.433 e. The first-order valence-electron chi connectivity index (χ1n) is 7.55. The standard InChI is InChI=1S/C17H12F3N5O2/c18-17(19,20)14-9-15(23-10-22-14)25-16(26)24-11-1-3-12(4-2-11)27-13-5-7-21-8-6-13/h1-10H,(H2,22,23,24,25,26). The van der Waals surface area contributed by atoms with Crippen LogP contribution in [-0.4, -0.2) is 21.0 Å². The Labute approximate surface area is 151 Å². The molecule has 2 heterocycles. The zero-order valence-electron chi connectivity index (χ0n) is 13.6. The van der Waals surface area contributed by atoms with Gasteiger partial charge in [0.2, 0.25) is 0 Å². The molecule has 0 saturated heterocycles. The van der Waals surface area contributed by atoms with E-state index in [1.165, 1.54) is 0 Å². The minimum atomic E-state index is -4.62. The summed E-state index contributed by atoms with van der Waals surface area (Å²) in [6.45, 7) is 0. The lowest BCUT2D eigenvalue weighted by molar-refractivity contribution is -0.141. The van der Waals surface area contributed by atoms with Crippen LogP contribution in [0, 0.1) is 0 Å². The molecule has 2 N–H and O–H groups in total. The van der Waals surface area contributed by atoms with E-state index in [9.17, 15) is 18.0 Å². The van der Waals surface area contributed by atoms with Crippen LogP contribution in [0.4, 0.5) is 29.5 Å². The van der Waals surface area contributed by atoms with Crippen molar-refractivity contribution in [3.05, 3.63) is 66.9 Å². The van der Waals surface area contributed by atoms with Crippen LogP contribution in [0.3, 0.4) is 0 Å². The van der Waals surface area contributed by atoms with E-state index < -0.39 is 17.9 Å². The minimum Gasteiger partial charge on any atom is -0.457 e. The molecule has 2 amide bonds. The van der Waals surface area contributed by atoms with Gasteiger partial charge in [0.25, 0.3) is 0 Å². The van der Waals surface area contributed by atoms with Gasteiger partial charge in [-0.1, -0.05) is 0 Å². The second-order valence-electron chi connectivity index (χ2n) is 5.17. The molecule has 0 radical (unpaired) electrons. The molecule has 138 valence electrons. The van der Waals surface area contributed by atoms with Gasteiger partial charge >= 0.3 is 12.2 Å². The third-order valence-electron chi connectivity index (χ3n) is 3.20. The SMILES string of the molecule is O=C(Nc1ccc(Oc2ccncc2)cc1)Nc1cc(C(F)(F)F)ncn1. The van der Waals surface area contributed by atoms with E-state index in [2.05, 4.69) is 25.6 Å². The quantitative estimate of drug-likeness (QED) is 0.709. The highest BCUT2D eigenvalue weighted by molar-refractivity contribution is 5.99. The van der Waals surface area contributed by atoms with Crippen LogP contribution in [0.25, 0.3) is 0 Å². The summed E-state index contributed by atoms with van der Waals surface area (Å²) in [4.78, 5) is 22.5. The Hall–Kier alpha value is -3.69. The van der Waals surface area contributed by atoms with Crippen LogP contribution >= 0.6 is 0 Å². The molecule has 27 heavy (non-hydrogen) atoms. The summed E-state index contributed by atoms with van der Waals surface area (Å²) in [5.74, 6) is 0.873. The van der Waals surface area contributed by atoms with Crippen LogP contribution in [0.15, 0.2) is 61.2 Å². The number of hydrogen-bond acceptors (Lipinski definition) is 5. The van der Waals surface area contributed by atoms with Crippen LogP contribution in [0.2, 0.25) is 0 Å². The number of benzene rings is 1. The lowest BCUT2D eigenvalue weighted by Crippen LogP contribution is -2.21. The Morgan fingerprint density at radius 1 is 0.926 bits per heavy atom. The largest absolute Gasteiger partial charge is 0.457 e. The summed E-state index contributed by atoms with van der Waals surface area (Å²) in [5, 5.41) is 4.70. The number of nitrogens with one attached hydrogen (secondary N) is 2. The van der Waals surface area contributed by atoms with Crippen molar-refractivity contribution in [3.8, 4) is 11.5 Å². The van der Waals surface area contributed by atoms with Crippen molar-refractivity contribution in [1.29, 1.82) is 0 Å². The number of amides is 2. The lowest BCUT2D eigenvalue weighted by atomic mass is 10.3. The topological polar surface area (TPSA) is 89.0 Å². The van der Waals surface area contributed by atoms with E-state index in [0.29, 0.717) is 23.3 Å². The monoisotopic (exact) mass is 375 g/mol. The molecular weight excluding hydrogens is 363 g/mol. The van der Waals surface area contributed by atoms with Gasteiger partial charge in [-0.3, -0.25) is 10.3 Å². The first kappa shape index (κ1) is 18.1. The number of nitrogens with zero attached hydrogens (tertiary/aromatic N) is 3. The maximum Gasteiger partial charge on any atom is 0.433 e. The van der Waals surface area contributed by atoms with Gasteiger partial charge in [-0.05, 0) is 36.4 Å². The van der Waals surface area contributed by atoms with Gasteiger partial charge in [-0.15, -0.1) is 0 Å². The summed E-state index contributed by atoms with van der Waals surface area (Å²) in [5.41, 5.74) is -0.731. The van der Waals surface area contributed by atoms with Gasteiger partial charge in [0.1, 0.15) is 29.3 Å². The molecule has 2 aromatic heterocycles. The van der Waals surface area contributed by atoms with E-state index in [1.54, 1.807) is 48.8 Å². The molecule has 0 aliphatic carbocycles. The van der Waals surface area contributed by atoms with E-state index in [0.717, 1.165) is 6.33 Å². The maximum atomic E-state index is 12.6. The molecule has 0 bridgehead atoms. The molecule has 0 unspecified atom stereocenters. The van der Waals surface area contributed by atoms with Gasteiger partial charge in [-0.25, -0.2) is 14.8 Å². The number of aromatic nitrogens is 3. The molecule has 3 rings (SSSR count). The first-order valence-corrected chi connectivity index (χ1v) is 7.55. The number of hydrogen-bond donors (Lipinski definition) is 2. The molecular formula is C17H12F3N5O2. The van der Waals surface area contributed by atoms with Crippen LogP contribution < -0.4 is 15.4 Å². The molecule has 0 saturated carbocycles. The summed E-state index contributed by atoms with van der Waals surface area (Å²) in [6.07, 6.45) is -0.718. The number of rotatable bonds is 4. The van der Waals surface area contributed by atoms with E-state index >= 15 is 0 Å². The third-order valence-corrected chi connectivity index (χ3v) is 3.20. The molecule has 0 aliphatic heterocycles. The first-order chi connectivity index (χ1) is 12.9. The number of anilines is 2. The molecule has 3 aromatic rings. The van der Waals surface area contributed by atoms with E-state index in [4.69, 9.17) is 4.74 Å². The van der Waals surface area contributed by atoms with Gasteiger partial charge in [-0.2, -0.15) is 13.2 Å². The van der Waals surface area contributed by atoms with E-state index in [1.807, 2.05) is 0 Å². The lowest BCUT2D eigenvalue weighted by Gasteiger charge is -2.10. The van der Waals surface area contributed by atoms with Gasteiger partial charge in [0.15, 0.2) is 0 Å².